The lowest BCUT2D eigenvalue weighted by molar-refractivity contribution is -0.361. The number of hydrogen-bond acceptors (Lipinski definition) is 4. The molecular weight excluding hydrogens is 362 g/mol. The van der Waals surface area contributed by atoms with Gasteiger partial charge in [-0.1, -0.05) is 24.3 Å². The van der Waals surface area contributed by atoms with E-state index in [1.165, 1.54) is 0 Å². The lowest BCUT2D eigenvalue weighted by atomic mass is 9.96. The van der Waals surface area contributed by atoms with E-state index < -0.39 is 0 Å². The maximum atomic E-state index is 11.1. The smallest absolute Gasteiger partial charge is 0.273 e. The van der Waals surface area contributed by atoms with Crippen molar-refractivity contribution in [3.8, 4) is 11.5 Å². The minimum Gasteiger partial charge on any atom is -0.505 e. The molecular formula is C24H24N3O2+. The van der Waals surface area contributed by atoms with Crippen molar-refractivity contribution >= 4 is 16.7 Å². The molecule has 2 aromatic carbocycles. The van der Waals surface area contributed by atoms with Crippen LogP contribution in [0.4, 0.5) is 5.82 Å². The van der Waals surface area contributed by atoms with Gasteiger partial charge in [-0.15, -0.1) is 0 Å². The summed E-state index contributed by atoms with van der Waals surface area (Å²) < 4.78 is 5.42. The first kappa shape index (κ1) is 18.7. The lowest BCUT2D eigenvalue weighted by Gasteiger charge is -2.18. The van der Waals surface area contributed by atoms with Crippen LogP contribution in [-0.2, 0) is 0 Å². The molecule has 0 saturated carbocycles. The van der Waals surface area contributed by atoms with E-state index in [9.17, 15) is 5.11 Å². The molecule has 0 aliphatic rings. The van der Waals surface area contributed by atoms with Crippen molar-refractivity contribution < 1.29 is 14.8 Å². The van der Waals surface area contributed by atoms with Crippen LogP contribution in [0.25, 0.3) is 10.9 Å². The molecule has 4 aromatic rings. The number of nitrogens with one attached hydrogen (secondary N) is 2. The van der Waals surface area contributed by atoms with Gasteiger partial charge >= 0.3 is 0 Å². The first-order valence-corrected chi connectivity index (χ1v) is 9.53. The van der Waals surface area contributed by atoms with E-state index in [1.807, 2.05) is 80.7 Å². The van der Waals surface area contributed by atoms with Crippen molar-refractivity contribution in [2.45, 2.75) is 19.9 Å². The molecule has 1 atom stereocenters. The number of pyridine rings is 2. The number of rotatable bonds is 5. The average Bonchev–Trinajstić information content (AvgIpc) is 2.73. The van der Waals surface area contributed by atoms with Crippen molar-refractivity contribution in [1.29, 1.82) is 0 Å². The highest BCUT2D eigenvalue weighted by atomic mass is 16.5. The zero-order valence-electron chi connectivity index (χ0n) is 16.7. The molecule has 0 amide bonds. The molecule has 3 N–H and O–H groups in total. The first-order chi connectivity index (χ1) is 14.0. The Morgan fingerprint density at radius 2 is 1.86 bits per heavy atom. The highest BCUT2D eigenvalue weighted by Crippen LogP contribution is 2.37. The number of anilines is 1. The molecule has 0 unspecified atom stereocenters. The van der Waals surface area contributed by atoms with Gasteiger partial charge in [0.15, 0.2) is 0 Å². The lowest BCUT2D eigenvalue weighted by Crippen LogP contribution is -2.19. The molecule has 0 spiro atoms. The number of fused-ring (bicyclic) bond motifs is 1. The Balaban J connectivity index is 1.87. The maximum Gasteiger partial charge on any atom is 0.273 e. The maximum absolute atomic E-state index is 11.1. The van der Waals surface area contributed by atoms with E-state index in [4.69, 9.17) is 4.74 Å². The second-order valence-corrected chi connectivity index (χ2v) is 7.16. The van der Waals surface area contributed by atoms with Crippen molar-refractivity contribution in [2.24, 2.45) is 0 Å². The summed E-state index contributed by atoms with van der Waals surface area (Å²) in [5.41, 5.74) is 4.32. The number of phenols is 1. The number of ether oxygens (including phenoxy) is 1. The topological polar surface area (TPSA) is 68.5 Å². The quantitative estimate of drug-likeness (QED) is 0.527. The molecule has 0 bridgehead atoms. The van der Waals surface area contributed by atoms with E-state index in [-0.39, 0.29) is 11.8 Å². The third-order valence-electron chi connectivity index (χ3n) is 5.00. The van der Waals surface area contributed by atoms with Crippen LogP contribution in [0, 0.1) is 13.8 Å². The van der Waals surface area contributed by atoms with E-state index in [1.54, 1.807) is 7.11 Å². The average molecular weight is 386 g/mol. The molecule has 4 rings (SSSR count). The minimum absolute atomic E-state index is 0.180. The van der Waals surface area contributed by atoms with Crippen LogP contribution >= 0.6 is 0 Å². The fourth-order valence-corrected chi connectivity index (χ4v) is 3.50. The number of aromatic hydroxyl groups is 1. The summed E-state index contributed by atoms with van der Waals surface area (Å²) in [5.74, 6) is 1.80. The second-order valence-electron chi connectivity index (χ2n) is 7.16. The Hall–Kier alpha value is -3.60. The Kier molecular flexibility index (Phi) is 5.04. The molecule has 0 radical (unpaired) electrons. The molecule has 146 valence electrons. The van der Waals surface area contributed by atoms with Crippen LogP contribution < -0.4 is 15.0 Å². The third-order valence-corrected chi connectivity index (χ3v) is 5.00. The zero-order valence-corrected chi connectivity index (χ0v) is 16.7. The Morgan fingerprint density at radius 3 is 2.66 bits per heavy atom. The SMILES string of the molecule is COc1cccc([C@@H](Nc2cc(C)cc[nH+]2)c2ccc3ccc(C)nc3c2O)c1. The van der Waals surface area contributed by atoms with Gasteiger partial charge in [-0.3, -0.25) is 5.32 Å². The Labute approximate surface area is 170 Å². The molecule has 5 heteroatoms. The number of nitrogens with zero attached hydrogens (tertiary/aromatic N) is 1. The van der Waals surface area contributed by atoms with Crippen LogP contribution in [0.3, 0.4) is 0 Å². The zero-order chi connectivity index (χ0) is 20.4. The summed E-state index contributed by atoms with van der Waals surface area (Å²) in [6.07, 6.45) is 1.89. The van der Waals surface area contributed by atoms with E-state index in [0.717, 1.165) is 39.3 Å². The number of aryl methyl sites for hydroxylation is 2. The number of methoxy groups -OCH3 is 1. The van der Waals surface area contributed by atoms with Crippen molar-refractivity contribution in [3.05, 3.63) is 89.2 Å². The first-order valence-electron chi connectivity index (χ1n) is 9.53. The van der Waals surface area contributed by atoms with Gasteiger partial charge in [-0.25, -0.2) is 9.97 Å². The van der Waals surface area contributed by atoms with Gasteiger partial charge in [-0.05, 0) is 49.7 Å². The molecule has 0 saturated heterocycles. The van der Waals surface area contributed by atoms with Gasteiger partial charge in [0.25, 0.3) is 5.82 Å². The molecule has 5 nitrogen and oxygen atoms in total. The minimum atomic E-state index is -0.296. The molecule has 29 heavy (non-hydrogen) atoms. The summed E-state index contributed by atoms with van der Waals surface area (Å²) >= 11 is 0. The predicted octanol–water partition coefficient (Wildman–Crippen LogP) is 4.58. The highest BCUT2D eigenvalue weighted by molar-refractivity contribution is 5.86. The van der Waals surface area contributed by atoms with Crippen LogP contribution in [0.15, 0.2) is 66.9 Å². The molecule has 2 aromatic heterocycles. The van der Waals surface area contributed by atoms with Crippen LogP contribution in [0.5, 0.6) is 11.5 Å². The van der Waals surface area contributed by atoms with Gasteiger partial charge in [0.2, 0.25) is 0 Å². The fourth-order valence-electron chi connectivity index (χ4n) is 3.50. The van der Waals surface area contributed by atoms with Crippen LogP contribution in [-0.4, -0.2) is 17.2 Å². The van der Waals surface area contributed by atoms with E-state index >= 15 is 0 Å². The normalized spacial score (nSPS) is 12.0. The number of benzene rings is 2. The van der Waals surface area contributed by atoms with E-state index in [0.29, 0.717) is 5.52 Å². The number of hydrogen-bond donors (Lipinski definition) is 2. The van der Waals surface area contributed by atoms with Crippen molar-refractivity contribution in [1.82, 2.24) is 4.98 Å². The molecule has 0 fully saturated rings. The molecule has 0 aliphatic carbocycles. The monoisotopic (exact) mass is 386 g/mol. The number of phenolic OH excluding ortho intramolecular Hbond substituents is 1. The van der Waals surface area contributed by atoms with Crippen molar-refractivity contribution in [2.75, 3.05) is 12.4 Å². The van der Waals surface area contributed by atoms with Crippen LogP contribution in [0.2, 0.25) is 0 Å². The standard InChI is InChI=1S/C24H23N3O2/c1-15-11-12-25-21(13-15)27-22(18-5-4-6-19(14-18)29-3)20-10-9-17-8-7-16(2)26-23(17)24(20)28/h4-14,22,28H,1-3H3,(H,25,27)/p+1/t22-/m1/s1. The summed E-state index contributed by atoms with van der Waals surface area (Å²) in [6.45, 7) is 3.96. The number of aromatic nitrogens is 2. The third kappa shape index (κ3) is 3.85. The number of aromatic amines is 1. The second kappa shape index (κ2) is 7.80. The Morgan fingerprint density at radius 1 is 1.03 bits per heavy atom. The fraction of sp³-hybridized carbons (Fsp3) is 0.167. The summed E-state index contributed by atoms with van der Waals surface area (Å²) in [5, 5.41) is 15.6. The predicted molar refractivity (Wildman–Crippen MR) is 114 cm³/mol. The molecule has 0 aliphatic heterocycles. The van der Waals surface area contributed by atoms with Gasteiger partial charge < -0.3 is 9.84 Å². The summed E-state index contributed by atoms with van der Waals surface area (Å²) in [4.78, 5) is 7.79. The largest absolute Gasteiger partial charge is 0.505 e. The Bertz CT molecular complexity index is 1170. The van der Waals surface area contributed by atoms with Gasteiger partial charge in [0.05, 0.1) is 13.3 Å². The van der Waals surface area contributed by atoms with E-state index in [2.05, 4.69) is 15.3 Å². The number of H-pyrrole nitrogens is 1. The summed E-state index contributed by atoms with van der Waals surface area (Å²) in [7, 11) is 1.65. The summed E-state index contributed by atoms with van der Waals surface area (Å²) in [6, 6.07) is 19.4. The van der Waals surface area contributed by atoms with Crippen molar-refractivity contribution in [3.63, 3.8) is 0 Å². The highest BCUT2D eigenvalue weighted by Gasteiger charge is 2.25. The molecule has 2 heterocycles. The van der Waals surface area contributed by atoms with Gasteiger partial charge in [0.1, 0.15) is 23.1 Å². The van der Waals surface area contributed by atoms with Gasteiger partial charge in [-0.2, -0.15) is 0 Å². The van der Waals surface area contributed by atoms with Gasteiger partial charge in [0, 0.05) is 28.3 Å². The van der Waals surface area contributed by atoms with Crippen LogP contribution in [0.1, 0.15) is 28.4 Å².